The normalized spacial score (nSPS) is 18.5. The summed E-state index contributed by atoms with van der Waals surface area (Å²) in [7, 11) is 0. The van der Waals surface area contributed by atoms with E-state index in [2.05, 4.69) is 24.6 Å². The summed E-state index contributed by atoms with van der Waals surface area (Å²) in [6, 6.07) is 8.87. The monoisotopic (exact) mass is 481 g/mol. The van der Waals surface area contributed by atoms with Crippen LogP contribution in [0.1, 0.15) is 44.2 Å². The van der Waals surface area contributed by atoms with E-state index in [4.69, 9.17) is 26.7 Å². The second-order valence-electron chi connectivity index (χ2n) is 9.24. The Hall–Kier alpha value is -2.71. The first-order chi connectivity index (χ1) is 16.6. The molecular weight excluding hydrogens is 450 g/mol. The molecule has 9 heteroatoms. The van der Waals surface area contributed by atoms with Crippen LogP contribution in [0.2, 0.25) is 5.02 Å². The molecule has 5 rings (SSSR count). The Balaban J connectivity index is 1.18. The van der Waals surface area contributed by atoms with Crippen LogP contribution in [0.5, 0.6) is 6.01 Å². The Morgan fingerprint density at radius 1 is 1.09 bits per heavy atom. The number of aromatic nitrogens is 4. The Morgan fingerprint density at radius 2 is 1.88 bits per heavy atom. The van der Waals surface area contributed by atoms with Crippen LogP contribution in [0.15, 0.2) is 36.7 Å². The van der Waals surface area contributed by atoms with Gasteiger partial charge in [0.1, 0.15) is 0 Å². The van der Waals surface area contributed by atoms with Crippen molar-refractivity contribution in [1.82, 2.24) is 29.5 Å². The average molecular weight is 482 g/mol. The largest absolute Gasteiger partial charge is 0.465 e. The minimum atomic E-state index is 0.313. The van der Waals surface area contributed by atoms with Crippen molar-refractivity contribution in [2.45, 2.75) is 45.2 Å². The maximum Gasteiger partial charge on any atom is 0.297 e. The van der Waals surface area contributed by atoms with Gasteiger partial charge in [0.15, 0.2) is 0 Å². The number of likely N-dealkylation sites (tertiary alicyclic amines) is 2. The minimum Gasteiger partial charge on any atom is -0.465 e. The Labute approximate surface area is 205 Å². The lowest BCUT2D eigenvalue weighted by Crippen LogP contribution is -2.45. The highest BCUT2D eigenvalue weighted by atomic mass is 35.5. The number of hydrogen-bond acceptors (Lipinski definition) is 6. The van der Waals surface area contributed by atoms with E-state index in [1.807, 2.05) is 37.4 Å². The van der Waals surface area contributed by atoms with Crippen LogP contribution < -0.4 is 4.74 Å². The Kier molecular flexibility index (Phi) is 6.97. The van der Waals surface area contributed by atoms with Crippen LogP contribution in [-0.4, -0.2) is 68.2 Å². The van der Waals surface area contributed by atoms with Gasteiger partial charge in [-0.1, -0.05) is 11.6 Å². The second kappa shape index (κ2) is 10.3. The lowest BCUT2D eigenvalue weighted by Gasteiger charge is -2.39. The van der Waals surface area contributed by atoms with Crippen LogP contribution in [0, 0.1) is 11.3 Å². The molecule has 0 unspecified atom stereocenters. The van der Waals surface area contributed by atoms with E-state index in [1.54, 1.807) is 6.20 Å². The second-order valence-corrected chi connectivity index (χ2v) is 9.67. The number of nitrogens with zero attached hydrogens (tertiary/aromatic N) is 6. The molecule has 2 aliphatic heterocycles. The summed E-state index contributed by atoms with van der Waals surface area (Å²) < 4.78 is 8.12. The number of amidine groups is 1. The van der Waals surface area contributed by atoms with Gasteiger partial charge in [0.05, 0.1) is 29.7 Å². The maximum atomic E-state index is 8.90. The quantitative estimate of drug-likeness (QED) is 0.415. The van der Waals surface area contributed by atoms with Gasteiger partial charge in [0.25, 0.3) is 6.01 Å². The molecular formula is C25H32ClN7O. The summed E-state index contributed by atoms with van der Waals surface area (Å²) in [5, 5.41) is 17.4. The molecule has 34 heavy (non-hydrogen) atoms. The first-order valence-electron chi connectivity index (χ1n) is 12.2. The smallest absolute Gasteiger partial charge is 0.297 e. The predicted molar refractivity (Wildman–Crippen MR) is 134 cm³/mol. The van der Waals surface area contributed by atoms with Crippen molar-refractivity contribution in [3.8, 4) is 6.01 Å². The topological polar surface area (TPSA) is 83.2 Å². The van der Waals surface area contributed by atoms with E-state index in [0.717, 1.165) is 75.3 Å². The molecule has 0 aliphatic carbocycles. The zero-order chi connectivity index (χ0) is 23.5. The highest BCUT2D eigenvalue weighted by Crippen LogP contribution is 2.34. The maximum absolute atomic E-state index is 8.90. The van der Waals surface area contributed by atoms with E-state index in [9.17, 15) is 0 Å². The summed E-state index contributed by atoms with van der Waals surface area (Å²) >= 11 is 6.19. The molecule has 2 aliphatic rings. The van der Waals surface area contributed by atoms with Crippen LogP contribution in [0.25, 0.3) is 11.0 Å². The van der Waals surface area contributed by atoms with E-state index in [1.165, 1.54) is 5.56 Å². The standard InChI is InChI=1S/C25H32ClN7O/c1-2-34-25-30-22-15-20(26)3-4-23(22)33(25)21-8-13-32(14-9-21)24(27)19-6-11-31(12-7-19)17-18-5-10-28-29-16-18/h3-5,10,15-16,19,21,27H,2,6-9,11-14,17H2,1H3. The van der Waals surface area contributed by atoms with Crippen molar-refractivity contribution in [3.63, 3.8) is 0 Å². The fourth-order valence-electron chi connectivity index (χ4n) is 5.29. The van der Waals surface area contributed by atoms with E-state index in [-0.39, 0.29) is 0 Å². The first kappa shape index (κ1) is 23.1. The summed E-state index contributed by atoms with van der Waals surface area (Å²) in [5.41, 5.74) is 3.14. The van der Waals surface area contributed by atoms with Crippen LogP contribution in [0.3, 0.4) is 0 Å². The fraction of sp³-hybridized carbons (Fsp3) is 0.520. The van der Waals surface area contributed by atoms with Gasteiger partial charge in [0, 0.05) is 42.8 Å². The third-order valence-corrected chi connectivity index (χ3v) is 7.32. The summed E-state index contributed by atoms with van der Waals surface area (Å²) in [5.74, 6) is 1.16. The number of piperidine rings is 2. The van der Waals surface area contributed by atoms with Gasteiger partial charge in [-0.2, -0.15) is 15.2 Å². The van der Waals surface area contributed by atoms with Crippen molar-refractivity contribution < 1.29 is 4.74 Å². The third-order valence-electron chi connectivity index (χ3n) is 7.09. The lowest BCUT2D eigenvalue weighted by molar-refractivity contribution is 0.186. The molecule has 3 aromatic rings. The van der Waals surface area contributed by atoms with Gasteiger partial charge in [-0.15, -0.1) is 0 Å². The first-order valence-corrected chi connectivity index (χ1v) is 12.6. The summed E-state index contributed by atoms with van der Waals surface area (Å²) in [6.45, 7) is 7.31. The van der Waals surface area contributed by atoms with E-state index < -0.39 is 0 Å². The van der Waals surface area contributed by atoms with Crippen molar-refractivity contribution in [2.75, 3.05) is 32.8 Å². The molecule has 2 saturated heterocycles. The summed E-state index contributed by atoms with van der Waals surface area (Å²) in [4.78, 5) is 9.44. The zero-order valence-corrected chi connectivity index (χ0v) is 20.4. The number of rotatable bonds is 6. The lowest BCUT2D eigenvalue weighted by atomic mass is 9.93. The highest BCUT2D eigenvalue weighted by Gasteiger charge is 2.30. The minimum absolute atomic E-state index is 0.313. The molecule has 4 heterocycles. The van der Waals surface area contributed by atoms with Gasteiger partial charge in [-0.05, 0) is 75.5 Å². The third kappa shape index (κ3) is 4.88. The number of imidazole rings is 1. The van der Waals surface area contributed by atoms with Gasteiger partial charge in [-0.3, -0.25) is 14.9 Å². The van der Waals surface area contributed by atoms with Crippen LogP contribution >= 0.6 is 11.6 Å². The predicted octanol–water partition coefficient (Wildman–Crippen LogP) is 4.40. The molecule has 0 bridgehead atoms. The van der Waals surface area contributed by atoms with Crippen molar-refractivity contribution in [2.24, 2.45) is 5.92 Å². The number of nitrogens with one attached hydrogen (secondary N) is 1. The van der Waals surface area contributed by atoms with Crippen LogP contribution in [0.4, 0.5) is 0 Å². The van der Waals surface area contributed by atoms with Gasteiger partial charge < -0.3 is 9.64 Å². The molecule has 1 aromatic carbocycles. The molecule has 2 aromatic heterocycles. The zero-order valence-electron chi connectivity index (χ0n) is 19.7. The molecule has 1 N–H and O–H groups in total. The molecule has 0 saturated carbocycles. The fourth-order valence-corrected chi connectivity index (χ4v) is 5.46. The number of ether oxygens (including phenoxy) is 1. The molecule has 180 valence electrons. The van der Waals surface area contributed by atoms with E-state index >= 15 is 0 Å². The molecule has 2 fully saturated rings. The average Bonchev–Trinajstić information content (AvgIpc) is 3.22. The highest BCUT2D eigenvalue weighted by molar-refractivity contribution is 6.31. The number of fused-ring (bicyclic) bond motifs is 1. The van der Waals surface area contributed by atoms with E-state index in [0.29, 0.717) is 29.6 Å². The number of hydrogen-bond donors (Lipinski definition) is 1. The van der Waals surface area contributed by atoms with Gasteiger partial charge >= 0.3 is 0 Å². The van der Waals surface area contributed by atoms with Crippen molar-refractivity contribution in [3.05, 3.63) is 47.2 Å². The molecule has 0 amide bonds. The van der Waals surface area contributed by atoms with Crippen LogP contribution in [-0.2, 0) is 6.54 Å². The number of benzene rings is 1. The molecule has 0 spiro atoms. The molecule has 0 radical (unpaired) electrons. The SMILES string of the molecule is CCOc1nc2cc(Cl)ccc2n1C1CCN(C(=N)C2CCN(Cc3ccnnc3)CC2)CC1. The molecule has 0 atom stereocenters. The Bertz CT molecular complexity index is 1120. The molecule has 8 nitrogen and oxygen atoms in total. The van der Waals surface area contributed by atoms with Gasteiger partial charge in [0.2, 0.25) is 0 Å². The van der Waals surface area contributed by atoms with Gasteiger partial charge in [-0.25, -0.2) is 0 Å². The Morgan fingerprint density at radius 3 is 2.59 bits per heavy atom. The number of halogens is 1. The van der Waals surface area contributed by atoms with Crippen molar-refractivity contribution in [1.29, 1.82) is 5.41 Å². The summed E-state index contributed by atoms with van der Waals surface area (Å²) in [6.07, 6.45) is 7.62. The van der Waals surface area contributed by atoms with Crippen molar-refractivity contribution >= 4 is 28.5 Å².